The van der Waals surface area contributed by atoms with Gasteiger partial charge in [-0.2, -0.15) is 0 Å². The molecule has 1 saturated heterocycles. The number of nitrogens with one attached hydrogen (secondary N) is 1. The van der Waals surface area contributed by atoms with Gasteiger partial charge in [0.15, 0.2) is 5.96 Å². The van der Waals surface area contributed by atoms with Gasteiger partial charge < -0.3 is 25.3 Å². The summed E-state index contributed by atoms with van der Waals surface area (Å²) in [6, 6.07) is 14.3. The molecule has 0 bridgehead atoms. The second-order valence-corrected chi connectivity index (χ2v) is 7.29. The van der Waals surface area contributed by atoms with Crippen molar-refractivity contribution in [1.82, 2.24) is 5.32 Å². The van der Waals surface area contributed by atoms with Crippen LogP contribution < -0.4 is 20.5 Å². The minimum atomic E-state index is 0. The van der Waals surface area contributed by atoms with Crippen LogP contribution >= 0.6 is 24.0 Å². The fourth-order valence-corrected chi connectivity index (χ4v) is 3.57. The van der Waals surface area contributed by atoms with E-state index in [4.69, 9.17) is 19.9 Å². The number of rotatable bonds is 5. The molecule has 29 heavy (non-hydrogen) atoms. The first-order chi connectivity index (χ1) is 13.7. The first-order valence-corrected chi connectivity index (χ1v) is 9.81. The average Bonchev–Trinajstić information content (AvgIpc) is 3.21. The molecular formula is C22H28IN3O3. The molecule has 2 atom stereocenters. The van der Waals surface area contributed by atoms with Gasteiger partial charge in [0.1, 0.15) is 17.6 Å². The van der Waals surface area contributed by atoms with Crippen molar-refractivity contribution in [2.24, 2.45) is 10.7 Å². The zero-order chi connectivity index (χ0) is 19.3. The van der Waals surface area contributed by atoms with Gasteiger partial charge in [-0.25, -0.2) is 4.99 Å². The van der Waals surface area contributed by atoms with Gasteiger partial charge in [-0.1, -0.05) is 30.3 Å². The van der Waals surface area contributed by atoms with Gasteiger partial charge in [0.2, 0.25) is 0 Å². The van der Waals surface area contributed by atoms with Crippen LogP contribution in [0, 0.1) is 6.92 Å². The third-order valence-corrected chi connectivity index (χ3v) is 5.10. The first kappa shape index (κ1) is 21.7. The second kappa shape index (κ2) is 10.2. The van der Waals surface area contributed by atoms with Crippen molar-refractivity contribution in [2.75, 3.05) is 19.8 Å². The van der Waals surface area contributed by atoms with Crippen molar-refractivity contribution in [2.45, 2.75) is 38.5 Å². The highest BCUT2D eigenvalue weighted by Crippen LogP contribution is 2.31. The van der Waals surface area contributed by atoms with Crippen molar-refractivity contribution in [3.05, 3.63) is 59.2 Å². The largest absolute Gasteiger partial charge is 0.493 e. The highest BCUT2D eigenvalue weighted by atomic mass is 127. The number of aryl methyl sites for hydroxylation is 1. The number of halogens is 1. The number of hydrogen-bond donors (Lipinski definition) is 2. The van der Waals surface area contributed by atoms with E-state index in [1.54, 1.807) is 0 Å². The number of guanidine groups is 1. The van der Waals surface area contributed by atoms with Crippen molar-refractivity contribution in [3.8, 4) is 11.5 Å². The Bertz CT molecular complexity index is 853. The maximum atomic E-state index is 6.19. The Hall–Kier alpha value is -2.00. The van der Waals surface area contributed by atoms with E-state index in [2.05, 4.69) is 41.5 Å². The lowest BCUT2D eigenvalue weighted by Gasteiger charge is -2.27. The molecule has 4 rings (SSSR count). The van der Waals surface area contributed by atoms with E-state index in [0.717, 1.165) is 47.6 Å². The van der Waals surface area contributed by atoms with E-state index in [9.17, 15) is 0 Å². The van der Waals surface area contributed by atoms with E-state index >= 15 is 0 Å². The Morgan fingerprint density at radius 2 is 2.07 bits per heavy atom. The molecule has 2 aromatic rings. The lowest BCUT2D eigenvalue weighted by atomic mass is 10.0. The molecule has 0 spiro atoms. The molecular weight excluding hydrogens is 481 g/mol. The Labute approximate surface area is 188 Å². The van der Waals surface area contributed by atoms with Gasteiger partial charge in [0.05, 0.1) is 32.4 Å². The molecule has 2 unspecified atom stereocenters. The predicted octanol–water partition coefficient (Wildman–Crippen LogP) is 3.71. The minimum Gasteiger partial charge on any atom is -0.493 e. The summed E-state index contributed by atoms with van der Waals surface area (Å²) in [5.74, 6) is 2.20. The summed E-state index contributed by atoms with van der Waals surface area (Å²) >= 11 is 0. The molecule has 2 aliphatic rings. The number of benzene rings is 2. The summed E-state index contributed by atoms with van der Waals surface area (Å²) in [7, 11) is 0. The van der Waals surface area contributed by atoms with Crippen LogP contribution in [-0.2, 0) is 11.3 Å². The van der Waals surface area contributed by atoms with Crippen LogP contribution in [0.5, 0.6) is 11.5 Å². The fraction of sp³-hybridized carbons (Fsp3) is 0.409. The van der Waals surface area contributed by atoms with Gasteiger partial charge in [0.25, 0.3) is 0 Å². The average molecular weight is 509 g/mol. The predicted molar refractivity (Wildman–Crippen MR) is 124 cm³/mol. The van der Waals surface area contributed by atoms with Gasteiger partial charge in [-0.05, 0) is 24.6 Å². The van der Waals surface area contributed by atoms with Crippen molar-refractivity contribution in [3.63, 3.8) is 0 Å². The van der Waals surface area contributed by atoms with Crippen LogP contribution in [0.1, 0.15) is 35.6 Å². The third-order valence-electron chi connectivity index (χ3n) is 5.10. The summed E-state index contributed by atoms with van der Waals surface area (Å²) < 4.78 is 17.3. The minimum absolute atomic E-state index is 0. The highest BCUT2D eigenvalue weighted by molar-refractivity contribution is 14.0. The Kier molecular flexibility index (Phi) is 7.60. The van der Waals surface area contributed by atoms with Crippen LogP contribution in [0.2, 0.25) is 0 Å². The van der Waals surface area contributed by atoms with E-state index < -0.39 is 0 Å². The van der Waals surface area contributed by atoms with Crippen molar-refractivity contribution in [1.29, 1.82) is 0 Å². The summed E-state index contributed by atoms with van der Waals surface area (Å²) in [6.45, 7) is 4.59. The van der Waals surface area contributed by atoms with Gasteiger partial charge in [0, 0.05) is 24.0 Å². The standard InChI is InChI=1S/C22H27N3O3.HI/c1-15-6-7-16(21(12-15)28-17-8-10-26-14-17)13-24-22(23)25-19-9-11-27-20-5-3-2-4-18(19)20;/h2-7,12,17,19H,8-11,13-14H2,1H3,(H3,23,24,25);1H. The number of para-hydroxylation sites is 1. The molecule has 156 valence electrons. The molecule has 2 aliphatic heterocycles. The molecule has 3 N–H and O–H groups in total. The van der Waals surface area contributed by atoms with E-state index in [1.807, 2.05) is 18.2 Å². The number of nitrogens with two attached hydrogens (primary N) is 1. The molecule has 6 nitrogen and oxygen atoms in total. The maximum absolute atomic E-state index is 6.19. The summed E-state index contributed by atoms with van der Waals surface area (Å²) in [4.78, 5) is 4.56. The molecule has 1 fully saturated rings. The summed E-state index contributed by atoms with van der Waals surface area (Å²) in [5, 5.41) is 3.34. The first-order valence-electron chi connectivity index (χ1n) is 9.81. The summed E-state index contributed by atoms with van der Waals surface area (Å²) in [5.41, 5.74) is 9.49. The number of nitrogens with zero attached hydrogens (tertiary/aromatic N) is 1. The van der Waals surface area contributed by atoms with Crippen LogP contribution in [0.25, 0.3) is 0 Å². The van der Waals surface area contributed by atoms with Crippen LogP contribution in [-0.4, -0.2) is 31.9 Å². The topological polar surface area (TPSA) is 78.1 Å². The Balaban J connectivity index is 0.00000240. The van der Waals surface area contributed by atoms with Crippen molar-refractivity contribution < 1.29 is 14.2 Å². The zero-order valence-electron chi connectivity index (χ0n) is 16.6. The van der Waals surface area contributed by atoms with Crippen LogP contribution in [0.3, 0.4) is 0 Å². The Morgan fingerprint density at radius 3 is 2.90 bits per heavy atom. The second-order valence-electron chi connectivity index (χ2n) is 7.29. The molecule has 2 heterocycles. The van der Waals surface area contributed by atoms with Crippen LogP contribution in [0.4, 0.5) is 0 Å². The number of hydrogen-bond acceptors (Lipinski definition) is 4. The maximum Gasteiger partial charge on any atom is 0.189 e. The number of fused-ring (bicyclic) bond motifs is 1. The van der Waals surface area contributed by atoms with Gasteiger partial charge in [-0.3, -0.25) is 0 Å². The van der Waals surface area contributed by atoms with Crippen molar-refractivity contribution >= 4 is 29.9 Å². The third kappa shape index (κ3) is 5.54. The van der Waals surface area contributed by atoms with E-state index in [0.29, 0.717) is 25.7 Å². The molecule has 0 radical (unpaired) electrons. The smallest absolute Gasteiger partial charge is 0.189 e. The molecule has 0 amide bonds. The van der Waals surface area contributed by atoms with Gasteiger partial charge >= 0.3 is 0 Å². The van der Waals surface area contributed by atoms with Gasteiger partial charge in [-0.15, -0.1) is 24.0 Å². The molecule has 0 aliphatic carbocycles. The van der Waals surface area contributed by atoms with Crippen LogP contribution in [0.15, 0.2) is 47.5 Å². The fourth-order valence-electron chi connectivity index (χ4n) is 3.57. The monoisotopic (exact) mass is 509 g/mol. The Morgan fingerprint density at radius 1 is 1.21 bits per heavy atom. The quantitative estimate of drug-likeness (QED) is 0.365. The molecule has 0 aromatic heterocycles. The number of ether oxygens (including phenoxy) is 3. The molecule has 0 saturated carbocycles. The highest BCUT2D eigenvalue weighted by Gasteiger charge is 2.21. The molecule has 7 heteroatoms. The van der Waals surface area contributed by atoms with E-state index in [-0.39, 0.29) is 36.1 Å². The lowest BCUT2D eigenvalue weighted by Crippen LogP contribution is -2.37. The summed E-state index contributed by atoms with van der Waals surface area (Å²) in [6.07, 6.45) is 1.89. The zero-order valence-corrected chi connectivity index (χ0v) is 18.9. The lowest BCUT2D eigenvalue weighted by molar-refractivity contribution is 0.140. The normalized spacial score (nSPS) is 20.9. The number of aliphatic imine (C=N–C) groups is 1. The molecule has 2 aromatic carbocycles. The SMILES string of the molecule is Cc1ccc(CN=C(N)NC2CCOc3ccccc32)c(OC2CCOC2)c1.I. The van der Waals surface area contributed by atoms with E-state index in [1.165, 1.54) is 0 Å².